The van der Waals surface area contributed by atoms with Crippen molar-refractivity contribution >= 4 is 29.3 Å². The van der Waals surface area contributed by atoms with Gasteiger partial charge in [-0.3, -0.25) is 0 Å². The summed E-state index contributed by atoms with van der Waals surface area (Å²) in [4.78, 5) is 22.6. The van der Waals surface area contributed by atoms with Gasteiger partial charge in [-0.05, 0) is 12.1 Å². The van der Waals surface area contributed by atoms with Crippen LogP contribution in [-0.4, -0.2) is 29.3 Å². The van der Waals surface area contributed by atoms with Gasteiger partial charge in [0, 0.05) is 0 Å². The Morgan fingerprint density at radius 2 is 2.00 bits per heavy atom. The summed E-state index contributed by atoms with van der Waals surface area (Å²) in [7, 11) is 0. The van der Waals surface area contributed by atoms with Gasteiger partial charge in [-0.2, -0.15) is 0 Å². The van der Waals surface area contributed by atoms with Crippen LogP contribution in [0.15, 0.2) is 30.3 Å². The number of cyclic esters (lactones) is 1. The highest BCUT2D eigenvalue weighted by Gasteiger charge is 2.41. The first-order valence-corrected chi connectivity index (χ1v) is 5.22. The van der Waals surface area contributed by atoms with E-state index in [1.807, 2.05) is 0 Å². The lowest BCUT2D eigenvalue weighted by Crippen LogP contribution is -2.25. The van der Waals surface area contributed by atoms with Crippen LogP contribution >= 0.6 is 11.6 Å². The number of carbonyl (C=O) groups excluding carboxylic acids is 2. The number of hydrogen-bond donors (Lipinski definition) is 1. The summed E-state index contributed by atoms with van der Waals surface area (Å²) in [5.74, 6) is -1.44. The lowest BCUT2D eigenvalue weighted by molar-refractivity contribution is -0.151. The normalized spacial score (nSPS) is 23.4. The van der Waals surface area contributed by atoms with Gasteiger partial charge in [-0.15, -0.1) is 11.6 Å². The molecule has 0 aliphatic carbocycles. The molecule has 0 amide bonds. The van der Waals surface area contributed by atoms with Crippen LogP contribution in [-0.2, 0) is 14.3 Å². The molecule has 1 N–H and O–H groups in total. The molecule has 1 heterocycles. The van der Waals surface area contributed by atoms with Gasteiger partial charge in [-0.1, -0.05) is 18.2 Å². The zero-order valence-electron chi connectivity index (χ0n) is 8.55. The third-order valence-corrected chi connectivity index (χ3v) is 2.59. The fraction of sp³-hybridized carbons (Fsp3) is 0.182. The quantitative estimate of drug-likeness (QED) is 0.638. The highest BCUT2D eigenvalue weighted by atomic mass is 35.5. The van der Waals surface area contributed by atoms with Crippen LogP contribution < -0.4 is 0 Å². The van der Waals surface area contributed by atoms with Crippen LogP contribution in [0.1, 0.15) is 10.4 Å². The smallest absolute Gasteiger partial charge is 0.341 e. The molecule has 2 atom stereocenters. The van der Waals surface area contributed by atoms with E-state index in [0.717, 1.165) is 0 Å². The molecule has 0 bridgehead atoms. The van der Waals surface area contributed by atoms with Crippen LogP contribution in [0.4, 0.5) is 0 Å². The number of alkyl halides is 1. The number of esters is 2. The van der Waals surface area contributed by atoms with E-state index in [9.17, 15) is 9.59 Å². The number of nitrogens with one attached hydrogen (secondary N) is 1. The van der Waals surface area contributed by atoms with Crippen LogP contribution in [0.3, 0.4) is 0 Å². The fourth-order valence-corrected chi connectivity index (χ4v) is 1.46. The molecule has 1 unspecified atom stereocenters. The van der Waals surface area contributed by atoms with Crippen molar-refractivity contribution in [1.82, 2.24) is 0 Å². The zero-order valence-corrected chi connectivity index (χ0v) is 9.31. The third-order valence-electron chi connectivity index (χ3n) is 2.18. The molecule has 88 valence electrons. The Labute approximate surface area is 102 Å². The molecule has 1 aromatic rings. The lowest BCUT2D eigenvalue weighted by Gasteiger charge is -2.10. The summed E-state index contributed by atoms with van der Waals surface area (Å²) in [6.45, 7) is 0. The first kappa shape index (κ1) is 11.6. The summed E-state index contributed by atoms with van der Waals surface area (Å²) in [5.41, 5.74) is 0.0512. The second kappa shape index (κ2) is 4.55. The predicted molar refractivity (Wildman–Crippen MR) is 59.1 cm³/mol. The Morgan fingerprint density at radius 3 is 2.53 bits per heavy atom. The second-order valence-corrected chi connectivity index (χ2v) is 3.79. The van der Waals surface area contributed by atoms with Gasteiger partial charge >= 0.3 is 11.9 Å². The first-order valence-electron chi connectivity index (χ1n) is 4.78. The minimum absolute atomic E-state index is 0.263. The van der Waals surface area contributed by atoms with Crippen LogP contribution in [0, 0.1) is 5.41 Å². The molecule has 1 fully saturated rings. The molecule has 5 nitrogen and oxygen atoms in total. The van der Waals surface area contributed by atoms with Crippen molar-refractivity contribution in [3.63, 3.8) is 0 Å². The lowest BCUT2D eigenvalue weighted by atomic mass is 10.2. The highest BCUT2D eigenvalue weighted by molar-refractivity contribution is 6.43. The van der Waals surface area contributed by atoms with E-state index in [1.54, 1.807) is 30.3 Å². The molecule has 1 aliphatic rings. The molecule has 1 saturated heterocycles. The Hall–Kier alpha value is -1.88. The van der Waals surface area contributed by atoms with Crippen LogP contribution in [0.5, 0.6) is 0 Å². The maximum absolute atomic E-state index is 11.6. The van der Waals surface area contributed by atoms with Crippen molar-refractivity contribution in [1.29, 1.82) is 5.41 Å². The standard InChI is InChI=1S/C11H8ClNO4/c12-7-8(13)11(17-10(7)15)16-9(14)6-4-2-1-3-5-6/h1-5,7,11,13H/t7?,11-/m0/s1. The third kappa shape index (κ3) is 2.29. The largest absolute Gasteiger partial charge is 0.418 e. The van der Waals surface area contributed by atoms with E-state index < -0.39 is 23.6 Å². The van der Waals surface area contributed by atoms with Crippen LogP contribution in [0.2, 0.25) is 0 Å². The van der Waals surface area contributed by atoms with Crippen molar-refractivity contribution in [2.45, 2.75) is 11.7 Å². The maximum Gasteiger partial charge on any atom is 0.341 e. The average molecular weight is 254 g/mol. The number of hydrogen-bond acceptors (Lipinski definition) is 5. The molecule has 2 rings (SSSR count). The number of benzene rings is 1. The fourth-order valence-electron chi connectivity index (χ4n) is 1.30. The molecular formula is C11H8ClNO4. The highest BCUT2D eigenvalue weighted by Crippen LogP contribution is 2.18. The van der Waals surface area contributed by atoms with Gasteiger partial charge < -0.3 is 14.9 Å². The van der Waals surface area contributed by atoms with Crippen molar-refractivity contribution in [2.75, 3.05) is 0 Å². The van der Waals surface area contributed by atoms with E-state index in [0.29, 0.717) is 5.56 Å². The number of ether oxygens (including phenoxy) is 2. The van der Waals surface area contributed by atoms with E-state index >= 15 is 0 Å². The summed E-state index contributed by atoms with van der Waals surface area (Å²) < 4.78 is 9.50. The first-order chi connectivity index (χ1) is 8.09. The van der Waals surface area contributed by atoms with Gasteiger partial charge in [0.15, 0.2) is 5.38 Å². The molecule has 0 saturated carbocycles. The van der Waals surface area contributed by atoms with E-state index in [1.165, 1.54) is 0 Å². The maximum atomic E-state index is 11.6. The van der Waals surface area contributed by atoms with E-state index in [4.69, 9.17) is 21.7 Å². The van der Waals surface area contributed by atoms with Gasteiger partial charge in [0.1, 0.15) is 5.71 Å². The Balaban J connectivity index is 2.06. The van der Waals surface area contributed by atoms with Gasteiger partial charge in [-0.25, -0.2) is 9.59 Å². The molecule has 17 heavy (non-hydrogen) atoms. The number of rotatable bonds is 2. The molecule has 0 radical (unpaired) electrons. The Bertz CT molecular complexity index is 474. The number of carbonyl (C=O) groups is 2. The van der Waals surface area contributed by atoms with E-state index in [2.05, 4.69) is 4.74 Å². The zero-order chi connectivity index (χ0) is 12.4. The minimum atomic E-state index is -1.32. The summed E-state index contributed by atoms with van der Waals surface area (Å²) in [6, 6.07) is 8.21. The topological polar surface area (TPSA) is 76.5 Å². The van der Waals surface area contributed by atoms with Crippen molar-refractivity contribution in [3.8, 4) is 0 Å². The van der Waals surface area contributed by atoms with Crippen molar-refractivity contribution in [2.24, 2.45) is 0 Å². The Morgan fingerprint density at radius 1 is 1.35 bits per heavy atom. The van der Waals surface area contributed by atoms with Crippen LogP contribution in [0.25, 0.3) is 0 Å². The summed E-state index contributed by atoms with van der Waals surface area (Å²) in [6.07, 6.45) is -1.32. The van der Waals surface area contributed by atoms with Crippen molar-refractivity contribution in [3.05, 3.63) is 35.9 Å². The van der Waals surface area contributed by atoms with Gasteiger partial charge in [0.2, 0.25) is 0 Å². The minimum Gasteiger partial charge on any atom is -0.418 e. The molecule has 0 spiro atoms. The molecule has 1 aromatic carbocycles. The number of halogens is 1. The molecule has 1 aliphatic heterocycles. The Kier molecular flexibility index (Phi) is 3.10. The van der Waals surface area contributed by atoms with Gasteiger partial charge in [0.25, 0.3) is 6.29 Å². The molecular weight excluding hydrogens is 246 g/mol. The SMILES string of the molecule is N=C1C(Cl)C(=O)O[C@@H]1OC(=O)c1ccccc1. The van der Waals surface area contributed by atoms with Gasteiger partial charge in [0.05, 0.1) is 5.56 Å². The summed E-state index contributed by atoms with van der Waals surface area (Å²) in [5, 5.41) is 6.27. The second-order valence-electron chi connectivity index (χ2n) is 3.36. The van der Waals surface area contributed by atoms with E-state index in [-0.39, 0.29) is 5.71 Å². The van der Waals surface area contributed by atoms with Crippen molar-refractivity contribution < 1.29 is 19.1 Å². The summed E-state index contributed by atoms with van der Waals surface area (Å²) >= 11 is 5.55. The predicted octanol–water partition coefficient (Wildman–Crippen LogP) is 1.35. The average Bonchev–Trinajstić information content (AvgIpc) is 2.58. The molecule has 0 aromatic heterocycles. The molecule has 6 heteroatoms. The monoisotopic (exact) mass is 253 g/mol.